The maximum Gasteiger partial charge on any atom is 0.263 e. The van der Waals surface area contributed by atoms with Crippen LogP contribution in [-0.2, 0) is 4.79 Å². The largest absolute Gasteiger partial charge is 0.436 e. The molecule has 1 aromatic heterocycles. The Hall–Kier alpha value is -3.41. The lowest BCUT2D eigenvalue weighted by Gasteiger charge is -2.33. The summed E-state index contributed by atoms with van der Waals surface area (Å²) in [5, 5.41) is 3.09. The molecule has 1 N–H and O–H groups in total. The molecule has 0 saturated carbocycles. The van der Waals surface area contributed by atoms with Gasteiger partial charge in [0.25, 0.3) is 5.88 Å². The van der Waals surface area contributed by atoms with E-state index < -0.39 is 0 Å². The molecule has 1 aliphatic rings. The Kier molecular flexibility index (Phi) is 6.16. The van der Waals surface area contributed by atoms with Crippen LogP contribution in [0.5, 0.6) is 11.6 Å². The third-order valence-electron chi connectivity index (χ3n) is 5.53. The second kappa shape index (κ2) is 9.16. The molecule has 4 rings (SSSR count). The maximum atomic E-state index is 13.0. The number of para-hydroxylation sites is 1. The fraction of sp³-hybridized carbons (Fsp3) is 0.320. The maximum absolute atomic E-state index is 13.0. The Morgan fingerprint density at radius 3 is 2.58 bits per heavy atom. The van der Waals surface area contributed by atoms with Gasteiger partial charge in [0.2, 0.25) is 5.91 Å². The first-order chi connectivity index (χ1) is 15.0. The van der Waals surface area contributed by atoms with E-state index in [4.69, 9.17) is 4.74 Å². The Balaban J connectivity index is 1.50. The van der Waals surface area contributed by atoms with E-state index in [9.17, 15) is 4.79 Å². The van der Waals surface area contributed by atoms with Crippen molar-refractivity contribution >= 4 is 17.4 Å². The number of aromatic nitrogens is 2. The topological polar surface area (TPSA) is 67.4 Å². The number of rotatable bonds is 5. The monoisotopic (exact) mass is 416 g/mol. The zero-order chi connectivity index (χ0) is 21.8. The zero-order valence-electron chi connectivity index (χ0n) is 18.3. The van der Waals surface area contributed by atoms with E-state index in [0.717, 1.165) is 47.5 Å². The third kappa shape index (κ3) is 5.02. The number of aryl methyl sites for hydroxylation is 3. The van der Waals surface area contributed by atoms with Crippen LogP contribution in [0.15, 0.2) is 54.9 Å². The number of amides is 1. The molecule has 1 amide bonds. The Morgan fingerprint density at radius 1 is 1.06 bits per heavy atom. The number of nitrogens with one attached hydrogen (secondary N) is 1. The van der Waals surface area contributed by atoms with Crippen LogP contribution in [-0.4, -0.2) is 29.0 Å². The number of hydrogen-bond donors (Lipinski definition) is 1. The average molecular weight is 417 g/mol. The highest BCUT2D eigenvalue weighted by Crippen LogP contribution is 2.32. The molecule has 0 spiro atoms. The van der Waals surface area contributed by atoms with E-state index in [0.29, 0.717) is 18.2 Å². The van der Waals surface area contributed by atoms with Gasteiger partial charge in [0, 0.05) is 31.2 Å². The molecular formula is C25H28N4O2. The average Bonchev–Trinajstić information content (AvgIpc) is 2.75. The van der Waals surface area contributed by atoms with Crippen molar-refractivity contribution in [3.8, 4) is 11.6 Å². The molecule has 0 bridgehead atoms. The molecule has 1 fully saturated rings. The number of ether oxygens (including phenoxy) is 1. The van der Waals surface area contributed by atoms with Gasteiger partial charge in [-0.05, 0) is 68.5 Å². The van der Waals surface area contributed by atoms with Crippen LogP contribution in [0.2, 0.25) is 0 Å². The molecule has 1 aliphatic heterocycles. The van der Waals surface area contributed by atoms with Crippen molar-refractivity contribution in [1.29, 1.82) is 0 Å². The second-order valence-corrected chi connectivity index (χ2v) is 8.20. The van der Waals surface area contributed by atoms with Gasteiger partial charge < -0.3 is 15.0 Å². The Bertz CT molecular complexity index is 1060. The summed E-state index contributed by atoms with van der Waals surface area (Å²) < 4.78 is 6.10. The quantitative estimate of drug-likeness (QED) is 0.630. The van der Waals surface area contributed by atoms with Crippen molar-refractivity contribution in [3.63, 3.8) is 0 Å². The number of carbonyl (C=O) groups excluding carboxylic acids is 1. The fourth-order valence-corrected chi connectivity index (χ4v) is 4.06. The van der Waals surface area contributed by atoms with Gasteiger partial charge in [0.1, 0.15) is 5.75 Å². The van der Waals surface area contributed by atoms with Crippen LogP contribution < -0.4 is 15.0 Å². The lowest BCUT2D eigenvalue weighted by molar-refractivity contribution is -0.120. The Labute approximate surface area is 183 Å². The number of hydrogen-bond acceptors (Lipinski definition) is 5. The van der Waals surface area contributed by atoms with Crippen LogP contribution in [0.25, 0.3) is 0 Å². The molecular weight excluding hydrogens is 388 g/mol. The number of piperidine rings is 1. The van der Waals surface area contributed by atoms with Gasteiger partial charge in [-0.1, -0.05) is 24.3 Å². The molecule has 0 radical (unpaired) electrons. The molecule has 3 aromatic rings. The first-order valence-corrected chi connectivity index (χ1v) is 10.7. The van der Waals surface area contributed by atoms with E-state index in [1.807, 2.05) is 57.2 Å². The molecule has 2 aromatic carbocycles. The molecule has 0 aliphatic carbocycles. The van der Waals surface area contributed by atoms with Crippen molar-refractivity contribution in [3.05, 3.63) is 71.5 Å². The summed E-state index contributed by atoms with van der Waals surface area (Å²) in [4.78, 5) is 24.0. The predicted octanol–water partition coefficient (Wildman–Crippen LogP) is 5.05. The predicted molar refractivity (Wildman–Crippen MR) is 123 cm³/mol. The highest BCUT2D eigenvalue weighted by Gasteiger charge is 2.28. The normalized spacial score (nSPS) is 16.1. The van der Waals surface area contributed by atoms with Crippen molar-refractivity contribution in [2.45, 2.75) is 33.6 Å². The number of benzene rings is 2. The van der Waals surface area contributed by atoms with Crippen molar-refractivity contribution < 1.29 is 9.53 Å². The molecule has 160 valence electrons. The molecule has 31 heavy (non-hydrogen) atoms. The van der Waals surface area contributed by atoms with Crippen LogP contribution in [0.4, 0.5) is 11.5 Å². The highest BCUT2D eigenvalue weighted by atomic mass is 16.5. The standard InChI is InChI=1S/C25H28N4O2/c1-17-13-18(2)15-21(14-17)28-24(30)20-8-6-12-29(16-20)23-25(27-11-10-26-23)31-22-9-5-4-7-19(22)3/h4-5,7,9-11,13-15,20H,6,8,12,16H2,1-3H3,(H,28,30). The minimum Gasteiger partial charge on any atom is -0.436 e. The summed E-state index contributed by atoms with van der Waals surface area (Å²) in [5.74, 6) is 1.81. The fourth-order valence-electron chi connectivity index (χ4n) is 4.06. The van der Waals surface area contributed by atoms with Gasteiger partial charge in [-0.3, -0.25) is 4.79 Å². The SMILES string of the molecule is Cc1cc(C)cc(NC(=O)C2CCCN(c3nccnc3Oc3ccccc3C)C2)c1. The summed E-state index contributed by atoms with van der Waals surface area (Å²) in [6.45, 7) is 7.47. The summed E-state index contributed by atoms with van der Waals surface area (Å²) in [6.07, 6.45) is 5.05. The summed E-state index contributed by atoms with van der Waals surface area (Å²) in [7, 11) is 0. The van der Waals surface area contributed by atoms with Crippen LogP contribution in [0.3, 0.4) is 0 Å². The lowest BCUT2D eigenvalue weighted by atomic mass is 9.97. The second-order valence-electron chi connectivity index (χ2n) is 8.20. The summed E-state index contributed by atoms with van der Waals surface area (Å²) in [5.41, 5.74) is 4.16. The number of carbonyl (C=O) groups is 1. The minimum absolute atomic E-state index is 0.0416. The molecule has 1 saturated heterocycles. The van der Waals surface area contributed by atoms with Crippen LogP contribution >= 0.6 is 0 Å². The van der Waals surface area contributed by atoms with Crippen molar-refractivity contribution in [2.24, 2.45) is 5.92 Å². The van der Waals surface area contributed by atoms with E-state index in [1.165, 1.54) is 0 Å². The third-order valence-corrected chi connectivity index (χ3v) is 5.53. The summed E-state index contributed by atoms with van der Waals surface area (Å²) >= 11 is 0. The van der Waals surface area contributed by atoms with E-state index in [2.05, 4.69) is 26.3 Å². The van der Waals surface area contributed by atoms with Gasteiger partial charge in [-0.15, -0.1) is 0 Å². The number of anilines is 2. The molecule has 6 heteroatoms. The van der Waals surface area contributed by atoms with Gasteiger partial charge >= 0.3 is 0 Å². The number of nitrogens with zero attached hydrogens (tertiary/aromatic N) is 3. The first-order valence-electron chi connectivity index (χ1n) is 10.7. The zero-order valence-corrected chi connectivity index (χ0v) is 18.3. The minimum atomic E-state index is -0.122. The van der Waals surface area contributed by atoms with E-state index >= 15 is 0 Å². The van der Waals surface area contributed by atoms with Gasteiger partial charge in [0.15, 0.2) is 5.82 Å². The first kappa shape index (κ1) is 20.8. The molecule has 1 unspecified atom stereocenters. The van der Waals surface area contributed by atoms with Crippen LogP contribution in [0, 0.1) is 26.7 Å². The van der Waals surface area contributed by atoms with Gasteiger partial charge in [-0.25, -0.2) is 9.97 Å². The highest BCUT2D eigenvalue weighted by molar-refractivity contribution is 5.93. The van der Waals surface area contributed by atoms with Gasteiger partial charge in [-0.2, -0.15) is 0 Å². The van der Waals surface area contributed by atoms with Crippen molar-refractivity contribution in [1.82, 2.24) is 9.97 Å². The van der Waals surface area contributed by atoms with Gasteiger partial charge in [0.05, 0.1) is 5.92 Å². The van der Waals surface area contributed by atoms with E-state index in [1.54, 1.807) is 12.4 Å². The van der Waals surface area contributed by atoms with Crippen LogP contribution in [0.1, 0.15) is 29.5 Å². The van der Waals surface area contributed by atoms with Crippen molar-refractivity contribution in [2.75, 3.05) is 23.3 Å². The Morgan fingerprint density at radius 2 is 1.81 bits per heavy atom. The van der Waals surface area contributed by atoms with E-state index in [-0.39, 0.29) is 11.8 Å². The lowest BCUT2D eigenvalue weighted by Crippen LogP contribution is -2.41. The molecule has 1 atom stereocenters. The molecule has 2 heterocycles. The summed E-state index contributed by atoms with van der Waals surface area (Å²) in [6, 6.07) is 13.9. The molecule has 6 nitrogen and oxygen atoms in total. The smallest absolute Gasteiger partial charge is 0.263 e.